The van der Waals surface area contributed by atoms with Crippen LogP contribution in [0.2, 0.25) is 5.02 Å². The summed E-state index contributed by atoms with van der Waals surface area (Å²) >= 11 is 6.52. The molecule has 3 aliphatic rings. The van der Waals surface area contributed by atoms with Gasteiger partial charge in [-0.2, -0.15) is 18.2 Å². The van der Waals surface area contributed by atoms with E-state index in [4.69, 9.17) is 11.6 Å². The normalized spacial score (nSPS) is 13.6. The molecule has 0 saturated heterocycles. The number of aromatic nitrogens is 4. The molecule has 8 nitrogen and oxygen atoms in total. The molecule has 178 valence electrons. The van der Waals surface area contributed by atoms with E-state index in [9.17, 15) is 18.0 Å². The van der Waals surface area contributed by atoms with Crippen molar-refractivity contribution in [3.63, 3.8) is 0 Å². The number of hydrogen-bond donors (Lipinski definition) is 2. The summed E-state index contributed by atoms with van der Waals surface area (Å²) in [6, 6.07) is 8.24. The Morgan fingerprint density at radius 3 is 2.77 bits per heavy atom. The van der Waals surface area contributed by atoms with Crippen LogP contribution in [0.4, 0.5) is 24.7 Å². The first-order valence-corrected chi connectivity index (χ1v) is 10.8. The fourth-order valence-electron chi connectivity index (χ4n) is 3.91. The van der Waals surface area contributed by atoms with Crippen LogP contribution in [0, 0.1) is 0 Å². The SMILES string of the molecule is CN=c1ncc2cc(-c3cc(NC(=O)c4cc(C(F)(F)F)ccn4)ccc3Cl)c3n(c-2n1)CCN3. The minimum absolute atomic E-state index is 0.349. The second kappa shape index (κ2) is 8.66. The third kappa shape index (κ3) is 4.30. The minimum Gasteiger partial charge on any atom is -0.369 e. The smallest absolute Gasteiger partial charge is 0.369 e. The van der Waals surface area contributed by atoms with Crippen LogP contribution < -0.4 is 16.3 Å². The van der Waals surface area contributed by atoms with Crippen molar-refractivity contribution < 1.29 is 18.0 Å². The molecule has 0 unspecified atom stereocenters. The van der Waals surface area contributed by atoms with E-state index in [1.807, 2.05) is 10.6 Å². The predicted octanol–water partition coefficient (Wildman–Crippen LogP) is 4.33. The van der Waals surface area contributed by atoms with Gasteiger partial charge in [0.15, 0.2) is 0 Å². The van der Waals surface area contributed by atoms with Crippen LogP contribution >= 0.6 is 11.6 Å². The first-order valence-electron chi connectivity index (χ1n) is 10.5. The van der Waals surface area contributed by atoms with Crippen molar-refractivity contribution in [3.05, 3.63) is 70.7 Å². The third-order valence-corrected chi connectivity index (χ3v) is 5.86. The first kappa shape index (κ1) is 22.8. The molecule has 0 aliphatic carbocycles. The molecule has 4 heterocycles. The molecule has 0 spiro atoms. The number of halogens is 4. The van der Waals surface area contributed by atoms with Crippen LogP contribution in [0.3, 0.4) is 0 Å². The van der Waals surface area contributed by atoms with Gasteiger partial charge in [0.2, 0.25) is 5.62 Å². The third-order valence-electron chi connectivity index (χ3n) is 5.53. The first-order chi connectivity index (χ1) is 16.7. The number of carbonyl (C=O) groups is 1. The number of anilines is 2. The minimum atomic E-state index is -4.58. The highest BCUT2D eigenvalue weighted by molar-refractivity contribution is 6.33. The maximum absolute atomic E-state index is 13.0. The second-order valence-corrected chi connectivity index (χ2v) is 8.14. The Morgan fingerprint density at radius 1 is 1.17 bits per heavy atom. The summed E-state index contributed by atoms with van der Waals surface area (Å²) in [5.74, 6) is 0.744. The highest BCUT2D eigenvalue weighted by Crippen LogP contribution is 2.40. The number of amides is 1. The summed E-state index contributed by atoms with van der Waals surface area (Å²) in [6.45, 7) is 1.36. The van der Waals surface area contributed by atoms with E-state index in [1.54, 1.807) is 31.4 Å². The molecule has 0 atom stereocenters. The van der Waals surface area contributed by atoms with Crippen LogP contribution in [0.15, 0.2) is 53.8 Å². The van der Waals surface area contributed by atoms with Crippen molar-refractivity contribution in [1.82, 2.24) is 19.5 Å². The number of fused-ring (bicyclic) bond motifs is 3. The van der Waals surface area contributed by atoms with E-state index in [-0.39, 0.29) is 5.69 Å². The fraction of sp³-hybridized carbons (Fsp3) is 0.174. The summed E-state index contributed by atoms with van der Waals surface area (Å²) in [7, 11) is 1.62. The highest BCUT2D eigenvalue weighted by Gasteiger charge is 2.31. The molecular weight excluding hydrogens is 483 g/mol. The van der Waals surface area contributed by atoms with Crippen LogP contribution in [0.5, 0.6) is 0 Å². The largest absolute Gasteiger partial charge is 0.416 e. The molecule has 5 rings (SSSR count). The summed E-state index contributed by atoms with van der Waals surface area (Å²) < 4.78 is 41.0. The number of hydrogen-bond acceptors (Lipinski definition) is 6. The number of carbonyl (C=O) groups excluding carboxylic acids is 1. The molecule has 1 aromatic heterocycles. The van der Waals surface area contributed by atoms with Gasteiger partial charge in [-0.3, -0.25) is 14.8 Å². The van der Waals surface area contributed by atoms with Gasteiger partial charge in [-0.05, 0) is 36.4 Å². The maximum Gasteiger partial charge on any atom is 0.416 e. The average molecular weight is 500 g/mol. The molecule has 1 aromatic carbocycles. The predicted molar refractivity (Wildman–Crippen MR) is 124 cm³/mol. The van der Waals surface area contributed by atoms with Gasteiger partial charge in [0.25, 0.3) is 5.91 Å². The average Bonchev–Trinajstić information content (AvgIpc) is 3.34. The number of benzene rings is 1. The van der Waals surface area contributed by atoms with Gasteiger partial charge in [0.05, 0.1) is 5.56 Å². The molecule has 2 aromatic rings. The van der Waals surface area contributed by atoms with E-state index in [0.29, 0.717) is 41.0 Å². The van der Waals surface area contributed by atoms with Gasteiger partial charge in [0, 0.05) is 59.9 Å². The van der Waals surface area contributed by atoms with Gasteiger partial charge in [-0.1, -0.05) is 11.6 Å². The van der Waals surface area contributed by atoms with Crippen molar-refractivity contribution in [2.75, 3.05) is 24.2 Å². The zero-order valence-corrected chi connectivity index (χ0v) is 18.9. The van der Waals surface area contributed by atoms with E-state index < -0.39 is 17.6 Å². The Kier molecular flexibility index (Phi) is 5.64. The van der Waals surface area contributed by atoms with E-state index in [2.05, 4.69) is 30.6 Å². The Labute approximate surface area is 201 Å². The van der Waals surface area contributed by atoms with Gasteiger partial charge in [-0.25, -0.2) is 4.98 Å². The Balaban J connectivity index is 1.54. The lowest BCUT2D eigenvalue weighted by atomic mass is 10.0. The van der Waals surface area contributed by atoms with Crippen molar-refractivity contribution in [3.8, 4) is 22.5 Å². The van der Waals surface area contributed by atoms with Crippen LogP contribution in [-0.4, -0.2) is 39.0 Å². The molecule has 0 saturated carbocycles. The van der Waals surface area contributed by atoms with Crippen LogP contribution in [0.1, 0.15) is 16.1 Å². The maximum atomic E-state index is 13.0. The standard InChI is InChI=1S/C23H17ClF3N7O/c1-28-22-31-11-12-8-16(20-30-6-7-34(20)19(12)33-22)15-10-14(2-3-17(15)24)32-21(35)18-9-13(4-5-29-18)23(25,26)27/h2-5,8-11,30H,6-7H2,1H3,(H,32,35). The van der Waals surface area contributed by atoms with Gasteiger partial charge >= 0.3 is 6.18 Å². The molecule has 2 N–H and O–H groups in total. The number of alkyl halides is 3. The van der Waals surface area contributed by atoms with Crippen molar-refractivity contribution in [2.45, 2.75) is 12.7 Å². The molecule has 1 amide bonds. The lowest BCUT2D eigenvalue weighted by molar-refractivity contribution is -0.137. The lowest BCUT2D eigenvalue weighted by Gasteiger charge is -2.18. The van der Waals surface area contributed by atoms with Crippen LogP contribution in [-0.2, 0) is 12.7 Å². The van der Waals surface area contributed by atoms with E-state index in [1.165, 1.54) is 0 Å². The molecule has 0 bridgehead atoms. The summed E-state index contributed by atoms with van der Waals surface area (Å²) in [6.07, 6.45) is -1.95. The fourth-order valence-corrected chi connectivity index (χ4v) is 4.13. The summed E-state index contributed by atoms with van der Waals surface area (Å²) in [4.78, 5) is 29.2. The van der Waals surface area contributed by atoms with Crippen molar-refractivity contribution >= 4 is 29.0 Å². The topological polar surface area (TPSA) is 97.1 Å². The van der Waals surface area contributed by atoms with Crippen LogP contribution in [0.25, 0.3) is 22.5 Å². The van der Waals surface area contributed by atoms with E-state index >= 15 is 0 Å². The molecule has 0 radical (unpaired) electrons. The molecule has 35 heavy (non-hydrogen) atoms. The lowest BCUT2D eigenvalue weighted by Crippen LogP contribution is -2.17. The zero-order valence-electron chi connectivity index (χ0n) is 18.2. The van der Waals surface area contributed by atoms with Crippen molar-refractivity contribution in [1.29, 1.82) is 0 Å². The quantitative estimate of drug-likeness (QED) is 0.437. The number of nitrogens with zero attached hydrogens (tertiary/aromatic N) is 5. The molecular formula is C23H17ClF3N7O. The number of nitrogens with one attached hydrogen (secondary N) is 2. The van der Waals surface area contributed by atoms with Gasteiger partial charge in [-0.15, -0.1) is 0 Å². The monoisotopic (exact) mass is 499 g/mol. The Hall–Kier alpha value is -3.99. The molecule has 12 heteroatoms. The van der Waals surface area contributed by atoms with Crippen molar-refractivity contribution in [2.24, 2.45) is 4.99 Å². The highest BCUT2D eigenvalue weighted by atomic mass is 35.5. The summed E-state index contributed by atoms with van der Waals surface area (Å²) in [5.41, 5.74) is 1.57. The Morgan fingerprint density at radius 2 is 2.00 bits per heavy atom. The van der Waals surface area contributed by atoms with Gasteiger partial charge < -0.3 is 15.2 Å². The number of pyridine rings is 2. The Bertz CT molecular complexity index is 1500. The van der Waals surface area contributed by atoms with Gasteiger partial charge in [0.1, 0.15) is 17.3 Å². The second-order valence-electron chi connectivity index (χ2n) is 7.73. The molecule has 3 aliphatic heterocycles. The molecule has 0 fully saturated rings. The number of rotatable bonds is 3. The zero-order chi connectivity index (χ0) is 24.7. The van der Waals surface area contributed by atoms with E-state index in [0.717, 1.165) is 35.0 Å². The summed E-state index contributed by atoms with van der Waals surface area (Å²) in [5, 5.41) is 6.37.